The maximum atomic E-state index is 11.2. The van der Waals surface area contributed by atoms with Gasteiger partial charge in [0.05, 0.1) is 4.88 Å². The van der Waals surface area contributed by atoms with Crippen molar-refractivity contribution < 1.29 is 10.0 Å². The zero-order valence-corrected chi connectivity index (χ0v) is 12.4. The molecule has 0 unspecified atom stereocenters. The Balaban J connectivity index is 1.94. The molecule has 1 aromatic heterocycles. The van der Waals surface area contributed by atoms with Gasteiger partial charge in [-0.15, -0.1) is 11.3 Å². The second-order valence-corrected chi connectivity index (χ2v) is 5.94. The van der Waals surface area contributed by atoms with Gasteiger partial charge < -0.3 is 4.90 Å². The zero-order valence-electron chi connectivity index (χ0n) is 11.6. The predicted molar refractivity (Wildman–Crippen MR) is 81.7 cm³/mol. The molecule has 2 aromatic rings. The molecule has 0 spiro atoms. The molecule has 1 amide bonds. The van der Waals surface area contributed by atoms with Crippen LogP contribution in [-0.2, 0) is 12.8 Å². The zero-order chi connectivity index (χ0) is 14.5. The van der Waals surface area contributed by atoms with Crippen LogP contribution >= 0.6 is 11.3 Å². The van der Waals surface area contributed by atoms with Crippen LogP contribution < -0.4 is 10.4 Å². The lowest BCUT2D eigenvalue weighted by Crippen LogP contribution is -2.16. The highest BCUT2D eigenvalue weighted by Crippen LogP contribution is 2.19. The third-order valence-corrected chi connectivity index (χ3v) is 4.24. The Morgan fingerprint density at radius 2 is 1.85 bits per heavy atom. The van der Waals surface area contributed by atoms with Gasteiger partial charge >= 0.3 is 0 Å². The van der Waals surface area contributed by atoms with Crippen LogP contribution in [-0.4, -0.2) is 25.2 Å². The average Bonchev–Trinajstić information content (AvgIpc) is 2.93. The van der Waals surface area contributed by atoms with Crippen molar-refractivity contribution in [2.24, 2.45) is 0 Å². The molecule has 0 bridgehead atoms. The number of hydrogen-bond acceptors (Lipinski definition) is 4. The molecule has 20 heavy (non-hydrogen) atoms. The Labute approximate surface area is 122 Å². The summed E-state index contributed by atoms with van der Waals surface area (Å²) in [7, 11) is 4.04. The van der Waals surface area contributed by atoms with Crippen LogP contribution in [0.25, 0.3) is 0 Å². The minimum absolute atomic E-state index is 0.448. The first kappa shape index (κ1) is 14.6. The summed E-state index contributed by atoms with van der Waals surface area (Å²) in [6.45, 7) is 0. The Kier molecular flexibility index (Phi) is 4.76. The number of anilines is 1. The van der Waals surface area contributed by atoms with Crippen LogP contribution in [0.5, 0.6) is 0 Å². The van der Waals surface area contributed by atoms with Crippen molar-refractivity contribution >= 4 is 22.9 Å². The number of rotatable bonds is 5. The number of hydroxylamine groups is 1. The number of carbonyl (C=O) groups is 1. The molecule has 0 atom stereocenters. The number of hydrogen-bond donors (Lipinski definition) is 2. The molecule has 0 radical (unpaired) electrons. The van der Waals surface area contributed by atoms with E-state index in [-0.39, 0.29) is 0 Å². The van der Waals surface area contributed by atoms with E-state index >= 15 is 0 Å². The molecular formula is C15H18N2O2S. The molecule has 0 saturated carbocycles. The summed E-state index contributed by atoms with van der Waals surface area (Å²) in [5.41, 5.74) is 4.11. The molecule has 0 fully saturated rings. The van der Waals surface area contributed by atoms with E-state index in [1.807, 2.05) is 20.2 Å². The number of aryl methyl sites for hydroxylation is 2. The summed E-state index contributed by atoms with van der Waals surface area (Å²) in [5, 5.41) is 8.58. The molecule has 0 aliphatic heterocycles. The average molecular weight is 290 g/mol. The van der Waals surface area contributed by atoms with Crippen molar-refractivity contribution in [1.29, 1.82) is 0 Å². The highest BCUT2D eigenvalue weighted by molar-refractivity contribution is 7.14. The lowest BCUT2D eigenvalue weighted by Gasteiger charge is -2.12. The van der Waals surface area contributed by atoms with Gasteiger partial charge in [-0.25, -0.2) is 5.48 Å². The van der Waals surface area contributed by atoms with Crippen molar-refractivity contribution in [2.75, 3.05) is 19.0 Å². The smallest absolute Gasteiger partial charge is 0.284 e. The number of carbonyl (C=O) groups excluding carboxylic acids is 1. The summed E-state index contributed by atoms with van der Waals surface area (Å²) >= 11 is 1.41. The summed E-state index contributed by atoms with van der Waals surface area (Å²) in [6, 6.07) is 12.1. The molecule has 0 aliphatic carbocycles. The topological polar surface area (TPSA) is 52.6 Å². The fourth-order valence-electron chi connectivity index (χ4n) is 1.92. The first-order valence-electron chi connectivity index (χ1n) is 6.39. The molecule has 2 N–H and O–H groups in total. The van der Waals surface area contributed by atoms with Gasteiger partial charge in [-0.05, 0) is 42.7 Å². The van der Waals surface area contributed by atoms with Gasteiger partial charge in [-0.3, -0.25) is 10.0 Å². The second-order valence-electron chi connectivity index (χ2n) is 4.77. The SMILES string of the molecule is CN(C)c1ccc(CCc2ccc(C(=O)NO)s2)cc1. The second kappa shape index (κ2) is 6.54. The van der Waals surface area contributed by atoms with E-state index in [1.54, 1.807) is 11.5 Å². The van der Waals surface area contributed by atoms with Crippen molar-refractivity contribution in [1.82, 2.24) is 5.48 Å². The summed E-state index contributed by atoms with van der Waals surface area (Å²) in [5.74, 6) is -0.448. The molecule has 0 aliphatic rings. The lowest BCUT2D eigenvalue weighted by atomic mass is 10.1. The third-order valence-electron chi connectivity index (χ3n) is 3.10. The Hall–Kier alpha value is -1.85. The normalized spacial score (nSPS) is 10.3. The number of thiophene rings is 1. The van der Waals surface area contributed by atoms with Gasteiger partial charge in [0.15, 0.2) is 0 Å². The predicted octanol–water partition coefficient (Wildman–Crippen LogP) is 2.72. The van der Waals surface area contributed by atoms with E-state index in [2.05, 4.69) is 29.2 Å². The Morgan fingerprint density at radius 3 is 2.45 bits per heavy atom. The maximum Gasteiger partial charge on any atom is 0.284 e. The van der Waals surface area contributed by atoms with Crippen molar-refractivity contribution in [3.05, 3.63) is 51.7 Å². The Morgan fingerprint density at radius 1 is 1.15 bits per heavy atom. The van der Waals surface area contributed by atoms with Gasteiger partial charge in [0.1, 0.15) is 0 Å². The number of nitrogens with zero attached hydrogens (tertiary/aromatic N) is 1. The fourth-order valence-corrected chi connectivity index (χ4v) is 2.81. The van der Waals surface area contributed by atoms with E-state index in [0.717, 1.165) is 17.7 Å². The third kappa shape index (κ3) is 3.59. The van der Waals surface area contributed by atoms with Crippen molar-refractivity contribution in [2.45, 2.75) is 12.8 Å². The van der Waals surface area contributed by atoms with Gasteiger partial charge in [0, 0.05) is 24.7 Å². The van der Waals surface area contributed by atoms with Crippen LogP contribution in [0.2, 0.25) is 0 Å². The monoisotopic (exact) mass is 290 g/mol. The molecule has 4 nitrogen and oxygen atoms in total. The highest BCUT2D eigenvalue weighted by Gasteiger charge is 2.08. The minimum atomic E-state index is -0.448. The van der Waals surface area contributed by atoms with Crippen LogP contribution in [0.4, 0.5) is 5.69 Å². The molecule has 0 saturated heterocycles. The maximum absolute atomic E-state index is 11.2. The van der Waals surface area contributed by atoms with Crippen molar-refractivity contribution in [3.63, 3.8) is 0 Å². The molecule has 1 aromatic carbocycles. The van der Waals surface area contributed by atoms with E-state index in [0.29, 0.717) is 4.88 Å². The van der Waals surface area contributed by atoms with E-state index in [4.69, 9.17) is 5.21 Å². The van der Waals surface area contributed by atoms with Gasteiger partial charge in [0.25, 0.3) is 5.91 Å². The largest absolute Gasteiger partial charge is 0.378 e. The molecule has 5 heteroatoms. The van der Waals surface area contributed by atoms with Crippen LogP contribution in [0.3, 0.4) is 0 Å². The van der Waals surface area contributed by atoms with Crippen LogP contribution in [0.15, 0.2) is 36.4 Å². The molecule has 106 valence electrons. The standard InChI is InChI=1S/C15H18N2O2S/c1-17(2)12-6-3-11(4-7-12)5-8-13-9-10-14(20-13)15(18)16-19/h3-4,6-7,9-10,19H,5,8H2,1-2H3,(H,16,18). The number of nitrogens with one attached hydrogen (secondary N) is 1. The quantitative estimate of drug-likeness (QED) is 0.657. The van der Waals surface area contributed by atoms with Gasteiger partial charge in [-0.1, -0.05) is 12.1 Å². The van der Waals surface area contributed by atoms with Crippen LogP contribution in [0, 0.1) is 0 Å². The summed E-state index contributed by atoms with van der Waals surface area (Å²) in [4.78, 5) is 15.0. The van der Waals surface area contributed by atoms with Crippen LogP contribution in [0.1, 0.15) is 20.1 Å². The highest BCUT2D eigenvalue weighted by atomic mass is 32.1. The molecule has 1 heterocycles. The van der Waals surface area contributed by atoms with Gasteiger partial charge in [-0.2, -0.15) is 0 Å². The molecular weight excluding hydrogens is 272 g/mol. The fraction of sp³-hybridized carbons (Fsp3) is 0.267. The lowest BCUT2D eigenvalue weighted by molar-refractivity contribution is 0.0711. The summed E-state index contributed by atoms with van der Waals surface area (Å²) in [6.07, 6.45) is 1.83. The Bertz CT molecular complexity index is 576. The number of benzene rings is 1. The molecule has 2 rings (SSSR count). The van der Waals surface area contributed by atoms with E-state index in [9.17, 15) is 4.79 Å². The van der Waals surface area contributed by atoms with Gasteiger partial charge in [0.2, 0.25) is 0 Å². The summed E-state index contributed by atoms with van der Waals surface area (Å²) < 4.78 is 0. The van der Waals surface area contributed by atoms with Crippen molar-refractivity contribution in [3.8, 4) is 0 Å². The number of amides is 1. The first-order chi connectivity index (χ1) is 9.60. The first-order valence-corrected chi connectivity index (χ1v) is 7.21. The minimum Gasteiger partial charge on any atom is -0.378 e. The van der Waals surface area contributed by atoms with E-state index in [1.165, 1.54) is 22.6 Å². The van der Waals surface area contributed by atoms with E-state index < -0.39 is 5.91 Å².